The third-order valence-corrected chi connectivity index (χ3v) is 5.34. The molecule has 1 heterocycles. The number of likely N-dealkylation sites (N-methyl/N-ethyl adjacent to an activating group) is 1. The lowest BCUT2D eigenvalue weighted by Gasteiger charge is -2.12. The van der Waals surface area contributed by atoms with Crippen molar-refractivity contribution in [1.29, 1.82) is 0 Å². The van der Waals surface area contributed by atoms with Gasteiger partial charge in [-0.25, -0.2) is 8.42 Å². The number of sulfonamides is 1. The minimum absolute atomic E-state index is 0.00363. The van der Waals surface area contributed by atoms with Crippen LogP contribution in [0.1, 0.15) is 11.1 Å². The van der Waals surface area contributed by atoms with Gasteiger partial charge in [0.25, 0.3) is 0 Å². The van der Waals surface area contributed by atoms with E-state index < -0.39 is 10.0 Å². The van der Waals surface area contributed by atoms with Crippen molar-refractivity contribution in [2.75, 3.05) is 16.7 Å². The van der Waals surface area contributed by atoms with Crippen molar-refractivity contribution < 1.29 is 13.2 Å². The molecule has 0 fully saturated rings. The molecule has 0 aliphatic carbocycles. The molecular formula is C16H15ClN2O3S. The Bertz CT molecular complexity index is 881. The van der Waals surface area contributed by atoms with Crippen LogP contribution >= 0.6 is 11.6 Å². The van der Waals surface area contributed by atoms with Crippen molar-refractivity contribution in [2.45, 2.75) is 12.2 Å². The van der Waals surface area contributed by atoms with E-state index >= 15 is 0 Å². The summed E-state index contributed by atoms with van der Waals surface area (Å²) in [6.07, 6.45) is 0.284. The number of halogens is 1. The zero-order chi connectivity index (χ0) is 16.6. The van der Waals surface area contributed by atoms with Crippen molar-refractivity contribution in [1.82, 2.24) is 0 Å². The maximum atomic E-state index is 12.3. The van der Waals surface area contributed by atoms with Crippen LogP contribution in [0.4, 0.5) is 11.4 Å². The highest BCUT2D eigenvalue weighted by molar-refractivity contribution is 7.91. The van der Waals surface area contributed by atoms with Crippen molar-refractivity contribution in [2.24, 2.45) is 0 Å². The van der Waals surface area contributed by atoms with Crippen LogP contribution in [0, 0.1) is 0 Å². The highest BCUT2D eigenvalue weighted by Gasteiger charge is 2.24. The number of hydrogen-bond acceptors (Lipinski definition) is 3. The highest BCUT2D eigenvalue weighted by atomic mass is 35.5. The first-order valence-corrected chi connectivity index (χ1v) is 9.02. The number of amides is 1. The number of benzene rings is 2. The number of hydrogen-bond donors (Lipinski definition) is 1. The molecule has 0 unspecified atom stereocenters. The second kappa shape index (κ2) is 5.86. The average Bonchev–Trinajstić information content (AvgIpc) is 2.75. The van der Waals surface area contributed by atoms with Gasteiger partial charge in [0.2, 0.25) is 15.9 Å². The predicted molar refractivity (Wildman–Crippen MR) is 91.3 cm³/mol. The third-order valence-electron chi connectivity index (χ3n) is 3.73. The topological polar surface area (TPSA) is 66.5 Å². The lowest BCUT2D eigenvalue weighted by Crippen LogP contribution is -2.20. The largest absolute Gasteiger partial charge is 0.315 e. The van der Waals surface area contributed by atoms with Gasteiger partial charge in [0, 0.05) is 23.4 Å². The molecular weight excluding hydrogens is 336 g/mol. The normalized spacial score (nSPS) is 14.0. The summed E-state index contributed by atoms with van der Waals surface area (Å²) in [6, 6.07) is 11.9. The van der Waals surface area contributed by atoms with Gasteiger partial charge in [-0.2, -0.15) is 0 Å². The van der Waals surface area contributed by atoms with Crippen LogP contribution in [-0.2, 0) is 27.0 Å². The van der Waals surface area contributed by atoms with Crippen LogP contribution in [0.25, 0.3) is 0 Å². The van der Waals surface area contributed by atoms with Crippen LogP contribution in [0.5, 0.6) is 0 Å². The van der Waals surface area contributed by atoms with E-state index in [0.29, 0.717) is 16.3 Å². The van der Waals surface area contributed by atoms with Crippen molar-refractivity contribution >= 4 is 38.9 Å². The smallest absolute Gasteiger partial charge is 0.236 e. The van der Waals surface area contributed by atoms with Crippen LogP contribution in [0.3, 0.4) is 0 Å². The van der Waals surface area contributed by atoms with E-state index in [1.165, 1.54) is 0 Å². The minimum atomic E-state index is -3.59. The Kier molecular flexibility index (Phi) is 4.04. The Morgan fingerprint density at radius 3 is 2.70 bits per heavy atom. The Morgan fingerprint density at radius 1 is 1.22 bits per heavy atom. The zero-order valence-electron chi connectivity index (χ0n) is 12.4. The van der Waals surface area contributed by atoms with E-state index in [0.717, 1.165) is 11.3 Å². The van der Waals surface area contributed by atoms with Crippen molar-refractivity contribution in [3.8, 4) is 0 Å². The van der Waals surface area contributed by atoms with Gasteiger partial charge in [0.15, 0.2) is 0 Å². The number of carbonyl (C=O) groups excluding carboxylic acids is 1. The number of rotatable bonds is 4. The maximum Gasteiger partial charge on any atom is 0.236 e. The Morgan fingerprint density at radius 2 is 1.96 bits per heavy atom. The van der Waals surface area contributed by atoms with Crippen LogP contribution in [0.15, 0.2) is 42.5 Å². The molecule has 2 aromatic rings. The molecule has 0 radical (unpaired) electrons. The van der Waals surface area contributed by atoms with Gasteiger partial charge < -0.3 is 4.90 Å². The highest BCUT2D eigenvalue weighted by Crippen LogP contribution is 2.30. The van der Waals surface area contributed by atoms with Crippen LogP contribution in [0.2, 0.25) is 5.02 Å². The molecule has 0 aromatic heterocycles. The number of fused-ring (bicyclic) bond motifs is 1. The second-order valence-electron chi connectivity index (χ2n) is 5.43. The Hall–Kier alpha value is -2.05. The lowest BCUT2D eigenvalue weighted by atomic mass is 10.1. The van der Waals surface area contributed by atoms with Crippen molar-refractivity contribution in [3.63, 3.8) is 0 Å². The zero-order valence-corrected chi connectivity index (χ0v) is 14.0. The summed E-state index contributed by atoms with van der Waals surface area (Å²) in [7, 11) is -1.88. The summed E-state index contributed by atoms with van der Waals surface area (Å²) in [5, 5.41) is 0.416. The molecule has 2 aromatic carbocycles. The first-order chi connectivity index (χ1) is 10.9. The monoisotopic (exact) mass is 350 g/mol. The molecule has 0 saturated carbocycles. The molecule has 3 rings (SSSR count). The molecule has 7 heteroatoms. The quantitative estimate of drug-likeness (QED) is 0.922. The number of carbonyl (C=O) groups is 1. The number of nitrogens with one attached hydrogen (secondary N) is 1. The molecule has 0 atom stereocenters. The number of anilines is 2. The molecule has 23 heavy (non-hydrogen) atoms. The Labute approximate surface area is 139 Å². The average molecular weight is 351 g/mol. The van der Waals surface area contributed by atoms with Gasteiger partial charge in [-0.15, -0.1) is 0 Å². The minimum Gasteiger partial charge on any atom is -0.315 e. The standard InChI is InChI=1S/C16H15ClN2O3S/c1-19-15-7-6-13(8-12(15)9-16(19)20)18-23(21,22)10-11-4-2-3-5-14(11)17/h2-8,18H,9-10H2,1H3. The first-order valence-electron chi connectivity index (χ1n) is 6.99. The van der Waals surface area contributed by atoms with Gasteiger partial charge in [0.05, 0.1) is 12.2 Å². The summed E-state index contributed by atoms with van der Waals surface area (Å²) < 4.78 is 27.1. The number of nitrogens with zero attached hydrogens (tertiary/aromatic N) is 1. The van der Waals surface area contributed by atoms with E-state index in [2.05, 4.69) is 4.72 Å². The van der Waals surface area contributed by atoms with Gasteiger partial charge in [-0.05, 0) is 35.4 Å². The molecule has 1 aliphatic rings. The molecule has 0 saturated heterocycles. The van der Waals surface area contributed by atoms with E-state index in [-0.39, 0.29) is 18.1 Å². The molecule has 0 spiro atoms. The maximum absolute atomic E-state index is 12.3. The fourth-order valence-corrected chi connectivity index (χ4v) is 4.07. The SMILES string of the molecule is CN1C(=O)Cc2cc(NS(=O)(=O)Cc3ccccc3Cl)ccc21. The van der Waals surface area contributed by atoms with Gasteiger partial charge in [-0.1, -0.05) is 29.8 Å². The van der Waals surface area contributed by atoms with Crippen LogP contribution < -0.4 is 9.62 Å². The summed E-state index contributed by atoms with van der Waals surface area (Å²) in [5.41, 5.74) is 2.61. The van der Waals surface area contributed by atoms with E-state index in [1.807, 2.05) is 0 Å². The molecule has 1 aliphatic heterocycles. The fourth-order valence-electron chi connectivity index (χ4n) is 2.57. The molecule has 5 nitrogen and oxygen atoms in total. The molecule has 0 bridgehead atoms. The van der Waals surface area contributed by atoms with Gasteiger partial charge in [-0.3, -0.25) is 9.52 Å². The summed E-state index contributed by atoms with van der Waals surface area (Å²) in [6.45, 7) is 0. The van der Waals surface area contributed by atoms with E-state index in [9.17, 15) is 13.2 Å². The fraction of sp³-hybridized carbons (Fsp3) is 0.188. The molecule has 1 amide bonds. The van der Waals surface area contributed by atoms with Crippen LogP contribution in [-0.4, -0.2) is 21.4 Å². The summed E-state index contributed by atoms with van der Waals surface area (Å²) >= 11 is 6.01. The summed E-state index contributed by atoms with van der Waals surface area (Å²) in [5.74, 6) is -0.209. The third kappa shape index (κ3) is 3.33. The second-order valence-corrected chi connectivity index (χ2v) is 7.56. The first kappa shape index (κ1) is 15.8. The van der Waals surface area contributed by atoms with Gasteiger partial charge >= 0.3 is 0 Å². The lowest BCUT2D eigenvalue weighted by molar-refractivity contribution is -0.117. The van der Waals surface area contributed by atoms with E-state index in [4.69, 9.17) is 11.6 Å². The van der Waals surface area contributed by atoms with E-state index in [1.54, 1.807) is 54.4 Å². The van der Waals surface area contributed by atoms with Crippen molar-refractivity contribution in [3.05, 3.63) is 58.6 Å². The predicted octanol–water partition coefficient (Wildman–Crippen LogP) is 2.80. The molecule has 1 N–H and O–H groups in total. The Balaban J connectivity index is 1.81. The summed E-state index contributed by atoms with van der Waals surface area (Å²) in [4.78, 5) is 13.2. The van der Waals surface area contributed by atoms with Gasteiger partial charge in [0.1, 0.15) is 0 Å². The molecule has 120 valence electrons.